The van der Waals surface area contributed by atoms with Gasteiger partial charge in [-0.3, -0.25) is 4.79 Å². The number of carbonyl (C=O) groups excluding carboxylic acids is 1. The summed E-state index contributed by atoms with van der Waals surface area (Å²) < 4.78 is 0. The first kappa shape index (κ1) is 19.1. The minimum absolute atomic E-state index is 0.133. The molecule has 2 aliphatic carbocycles. The van der Waals surface area contributed by atoms with Crippen LogP contribution in [0.1, 0.15) is 49.4 Å². The van der Waals surface area contributed by atoms with E-state index in [2.05, 4.69) is 28.6 Å². The maximum atomic E-state index is 12.1. The monoisotopic (exact) mass is 364 g/mol. The van der Waals surface area contributed by atoms with Crippen molar-refractivity contribution in [1.29, 1.82) is 5.41 Å². The molecule has 0 radical (unpaired) electrons. The van der Waals surface area contributed by atoms with Crippen LogP contribution in [-0.4, -0.2) is 23.1 Å². The van der Waals surface area contributed by atoms with E-state index in [1.54, 1.807) is 12.3 Å². The number of hydrogen-bond acceptors (Lipinski definition) is 4. The lowest BCUT2D eigenvalue weighted by Gasteiger charge is -2.10. The van der Waals surface area contributed by atoms with Crippen LogP contribution in [0, 0.1) is 17.2 Å². The lowest BCUT2D eigenvalue weighted by molar-refractivity contribution is 0.0957. The Labute approximate surface area is 161 Å². The van der Waals surface area contributed by atoms with Gasteiger partial charge < -0.3 is 16.0 Å². The molecule has 3 N–H and O–H groups in total. The van der Waals surface area contributed by atoms with Gasteiger partial charge in [0.15, 0.2) is 0 Å². The molecule has 0 unspecified atom stereocenters. The Balaban J connectivity index is 1.53. The summed E-state index contributed by atoms with van der Waals surface area (Å²) in [5.74, 6) is 1.55. The molecule has 1 amide bonds. The van der Waals surface area contributed by atoms with E-state index >= 15 is 0 Å². The van der Waals surface area contributed by atoms with Gasteiger partial charge >= 0.3 is 0 Å². The van der Waals surface area contributed by atoms with Gasteiger partial charge in [-0.15, -0.1) is 0 Å². The van der Waals surface area contributed by atoms with Crippen LogP contribution in [0.5, 0.6) is 0 Å². The van der Waals surface area contributed by atoms with Gasteiger partial charge in [0.05, 0.1) is 5.56 Å². The summed E-state index contributed by atoms with van der Waals surface area (Å²) >= 11 is 0. The van der Waals surface area contributed by atoms with Crippen molar-refractivity contribution in [3.8, 4) is 0 Å². The zero-order valence-electron chi connectivity index (χ0n) is 15.9. The predicted octanol–water partition coefficient (Wildman–Crippen LogP) is 4.47. The van der Waals surface area contributed by atoms with E-state index in [9.17, 15) is 4.79 Å². The quantitative estimate of drug-likeness (QED) is 0.423. The Morgan fingerprint density at radius 3 is 2.56 bits per heavy atom. The number of nitrogens with zero attached hydrogens (tertiary/aromatic N) is 1. The minimum Gasteiger partial charge on any atom is -0.349 e. The zero-order chi connectivity index (χ0) is 19.1. The van der Waals surface area contributed by atoms with Gasteiger partial charge in [0, 0.05) is 30.1 Å². The first-order valence-electron chi connectivity index (χ1n) is 9.80. The fourth-order valence-corrected chi connectivity index (χ4v) is 2.70. The maximum absolute atomic E-state index is 12.1. The van der Waals surface area contributed by atoms with Crippen molar-refractivity contribution >= 4 is 17.4 Å². The number of pyridine rings is 1. The molecule has 2 fully saturated rings. The molecule has 2 aliphatic rings. The molecule has 5 nitrogen and oxygen atoms in total. The summed E-state index contributed by atoms with van der Waals surface area (Å²) in [4.78, 5) is 16.5. The fourth-order valence-electron chi connectivity index (χ4n) is 2.70. The summed E-state index contributed by atoms with van der Waals surface area (Å²) in [6, 6.07) is 3.60. The highest BCUT2D eigenvalue weighted by atomic mass is 16.1. The van der Waals surface area contributed by atoms with Gasteiger partial charge in [-0.2, -0.15) is 0 Å². The molecule has 0 atom stereocenters. The van der Waals surface area contributed by atoms with E-state index in [-0.39, 0.29) is 5.91 Å². The highest BCUT2D eigenvalue weighted by Crippen LogP contribution is 2.38. The number of aromatic nitrogens is 1. The van der Waals surface area contributed by atoms with Gasteiger partial charge in [0.2, 0.25) is 0 Å². The van der Waals surface area contributed by atoms with Gasteiger partial charge in [0.25, 0.3) is 5.91 Å². The Kier molecular flexibility index (Phi) is 6.58. The zero-order valence-corrected chi connectivity index (χ0v) is 15.9. The van der Waals surface area contributed by atoms with E-state index < -0.39 is 0 Å². The van der Waals surface area contributed by atoms with Crippen LogP contribution >= 0.6 is 0 Å². The lowest BCUT2D eigenvalue weighted by Crippen LogP contribution is -2.23. The molecular weight excluding hydrogens is 336 g/mol. The van der Waals surface area contributed by atoms with Crippen LogP contribution in [0.4, 0.5) is 5.82 Å². The predicted molar refractivity (Wildman–Crippen MR) is 110 cm³/mol. The third-order valence-corrected chi connectivity index (χ3v) is 4.64. The average Bonchev–Trinajstić information content (AvgIpc) is 3.57. The second-order valence-corrected chi connectivity index (χ2v) is 7.14. The number of rotatable bonds is 10. The molecule has 1 aromatic heterocycles. The Morgan fingerprint density at radius 1 is 1.19 bits per heavy atom. The lowest BCUT2D eigenvalue weighted by atomic mass is 10.1. The molecule has 1 aromatic rings. The number of anilines is 1. The van der Waals surface area contributed by atoms with Crippen LogP contribution < -0.4 is 10.6 Å². The largest absolute Gasteiger partial charge is 0.349 e. The normalized spacial score (nSPS) is 17.4. The van der Waals surface area contributed by atoms with Crippen LogP contribution in [0.15, 0.2) is 54.4 Å². The Morgan fingerprint density at radius 2 is 1.93 bits per heavy atom. The third-order valence-electron chi connectivity index (χ3n) is 4.64. The van der Waals surface area contributed by atoms with Crippen molar-refractivity contribution in [3.63, 3.8) is 0 Å². The van der Waals surface area contributed by atoms with Gasteiger partial charge in [-0.05, 0) is 56.2 Å². The Bertz CT molecular complexity index is 753. The van der Waals surface area contributed by atoms with Crippen molar-refractivity contribution in [2.45, 2.75) is 39.0 Å². The highest BCUT2D eigenvalue weighted by Gasteiger charge is 2.30. The second kappa shape index (κ2) is 9.31. The number of nitrogens with one attached hydrogen (secondary N) is 3. The van der Waals surface area contributed by atoms with Crippen LogP contribution in [0.3, 0.4) is 0 Å². The molecule has 0 aromatic carbocycles. The molecule has 2 saturated carbocycles. The van der Waals surface area contributed by atoms with E-state index in [0.29, 0.717) is 23.9 Å². The molecule has 0 bridgehead atoms. The van der Waals surface area contributed by atoms with Crippen molar-refractivity contribution in [2.75, 3.05) is 11.9 Å². The summed E-state index contributed by atoms with van der Waals surface area (Å²) in [6.45, 7) is 2.57. The van der Waals surface area contributed by atoms with Gasteiger partial charge in [-0.1, -0.05) is 31.2 Å². The third kappa shape index (κ3) is 6.20. The van der Waals surface area contributed by atoms with Crippen LogP contribution in [0.25, 0.3) is 0 Å². The van der Waals surface area contributed by atoms with Crippen LogP contribution in [0.2, 0.25) is 0 Å². The molecule has 5 heteroatoms. The average molecular weight is 364 g/mol. The van der Waals surface area contributed by atoms with Gasteiger partial charge in [0.1, 0.15) is 5.82 Å². The van der Waals surface area contributed by atoms with E-state index in [4.69, 9.17) is 5.41 Å². The SMILES string of the molecule is CC/C=C\C=C/CNC(=O)c1ccc(N/C(=C\C(=N)C2CC2)C2CC2)nc1. The summed E-state index contributed by atoms with van der Waals surface area (Å²) in [5.41, 5.74) is 2.35. The molecule has 0 spiro atoms. The first-order chi connectivity index (χ1) is 13.2. The molecule has 1 heterocycles. The standard InChI is InChI=1S/C22H28N4O/c1-2-3-4-5-6-13-24-22(27)18-11-12-21(25-15-18)26-20(17-9-10-17)14-19(23)16-7-8-16/h3-6,11-12,14-17,23H,2,7-10,13H2,1H3,(H,24,27)(H,25,26)/b4-3-,6-5-,20-14-,23-19?. The maximum Gasteiger partial charge on any atom is 0.253 e. The summed E-state index contributed by atoms with van der Waals surface area (Å²) in [5, 5.41) is 14.3. The summed E-state index contributed by atoms with van der Waals surface area (Å²) in [7, 11) is 0. The minimum atomic E-state index is -0.133. The molecule has 27 heavy (non-hydrogen) atoms. The Hall–Kier alpha value is -2.69. The van der Waals surface area contributed by atoms with Gasteiger partial charge in [-0.25, -0.2) is 4.98 Å². The second-order valence-electron chi connectivity index (χ2n) is 7.14. The van der Waals surface area contributed by atoms with Crippen molar-refractivity contribution in [3.05, 3.63) is 60.0 Å². The number of allylic oxidation sites excluding steroid dienone is 5. The van der Waals surface area contributed by atoms with Crippen molar-refractivity contribution in [2.24, 2.45) is 11.8 Å². The summed E-state index contributed by atoms with van der Waals surface area (Å²) in [6.07, 6.45) is 17.1. The molecular formula is C22H28N4O. The fraction of sp³-hybridized carbons (Fsp3) is 0.409. The highest BCUT2D eigenvalue weighted by molar-refractivity contribution is 5.97. The van der Waals surface area contributed by atoms with Crippen LogP contribution in [-0.2, 0) is 0 Å². The molecule has 3 rings (SSSR count). The number of hydrogen-bond donors (Lipinski definition) is 3. The smallest absolute Gasteiger partial charge is 0.253 e. The topological polar surface area (TPSA) is 77.9 Å². The number of carbonyl (C=O) groups is 1. The van der Waals surface area contributed by atoms with E-state index in [1.807, 2.05) is 30.4 Å². The number of amides is 1. The van der Waals surface area contributed by atoms with E-state index in [0.717, 1.165) is 49.3 Å². The molecule has 0 saturated heterocycles. The van der Waals surface area contributed by atoms with Crippen molar-refractivity contribution in [1.82, 2.24) is 10.3 Å². The van der Waals surface area contributed by atoms with E-state index in [1.165, 1.54) is 0 Å². The first-order valence-corrected chi connectivity index (χ1v) is 9.80. The molecule has 142 valence electrons. The molecule has 0 aliphatic heterocycles. The van der Waals surface area contributed by atoms with Crippen molar-refractivity contribution < 1.29 is 4.79 Å².